The number of amides is 1. The van der Waals surface area contributed by atoms with Crippen LogP contribution in [-0.4, -0.2) is 35.4 Å². The molecule has 1 heterocycles. The van der Waals surface area contributed by atoms with Crippen molar-refractivity contribution in [3.05, 3.63) is 101 Å². The largest absolute Gasteiger partial charge is 0.507 e. The molecule has 1 fully saturated rings. The Balaban J connectivity index is 1.86. The lowest BCUT2D eigenvalue weighted by atomic mass is 9.93. The summed E-state index contributed by atoms with van der Waals surface area (Å²) in [6.07, 6.45) is 0. The molecule has 0 saturated carbocycles. The Morgan fingerprint density at radius 1 is 0.972 bits per heavy atom. The number of hydrogen-bond donors (Lipinski definition) is 1. The fraction of sp³-hybridized carbons (Fsp3) is 0.267. The number of carbonyl (C=O) groups excluding carboxylic acids is 2. The predicted octanol–water partition coefficient (Wildman–Crippen LogP) is 5.84. The minimum atomic E-state index is -0.745. The molecular weight excluding hydrogens is 454 g/mol. The molecule has 6 nitrogen and oxygen atoms in total. The third kappa shape index (κ3) is 4.71. The van der Waals surface area contributed by atoms with E-state index >= 15 is 0 Å². The summed E-state index contributed by atoms with van der Waals surface area (Å²) in [5.41, 5.74) is 2.97. The number of rotatable bonds is 8. The van der Waals surface area contributed by atoms with Gasteiger partial charge in [-0.25, -0.2) is 0 Å². The van der Waals surface area contributed by atoms with Crippen LogP contribution in [0, 0.1) is 0 Å². The van der Waals surface area contributed by atoms with Gasteiger partial charge in [0.2, 0.25) is 0 Å². The van der Waals surface area contributed by atoms with E-state index < -0.39 is 17.7 Å². The van der Waals surface area contributed by atoms with Gasteiger partial charge in [0.15, 0.2) is 0 Å². The van der Waals surface area contributed by atoms with Gasteiger partial charge in [0.1, 0.15) is 17.3 Å². The second-order valence-corrected chi connectivity index (χ2v) is 8.99. The van der Waals surface area contributed by atoms with Crippen LogP contribution in [-0.2, 0) is 16.1 Å². The third-order valence-electron chi connectivity index (χ3n) is 6.39. The summed E-state index contributed by atoms with van der Waals surface area (Å²) in [6.45, 7) is 6.68. The Kier molecular flexibility index (Phi) is 7.44. The number of likely N-dealkylation sites (tertiary alicyclic amines) is 1. The Morgan fingerprint density at radius 2 is 1.67 bits per heavy atom. The summed E-state index contributed by atoms with van der Waals surface area (Å²) in [7, 11) is 1.57. The van der Waals surface area contributed by atoms with Gasteiger partial charge in [0.05, 0.1) is 31.9 Å². The number of nitrogens with zero attached hydrogens (tertiary/aromatic N) is 1. The van der Waals surface area contributed by atoms with Crippen LogP contribution < -0.4 is 9.47 Å². The molecule has 0 aromatic heterocycles. The predicted molar refractivity (Wildman–Crippen MR) is 139 cm³/mol. The minimum absolute atomic E-state index is 0.0694. The third-order valence-corrected chi connectivity index (χ3v) is 6.39. The highest BCUT2D eigenvalue weighted by molar-refractivity contribution is 6.46. The van der Waals surface area contributed by atoms with E-state index in [-0.39, 0.29) is 23.8 Å². The van der Waals surface area contributed by atoms with Crippen molar-refractivity contribution < 1.29 is 24.2 Å². The number of benzene rings is 3. The van der Waals surface area contributed by atoms with E-state index in [1.165, 1.54) is 4.90 Å². The molecular formula is C30H31NO5. The molecule has 1 aliphatic rings. The van der Waals surface area contributed by atoms with Crippen molar-refractivity contribution >= 4 is 17.4 Å². The first-order valence-corrected chi connectivity index (χ1v) is 12.1. The molecule has 0 spiro atoms. The van der Waals surface area contributed by atoms with Gasteiger partial charge in [-0.1, -0.05) is 62.4 Å². The molecule has 0 radical (unpaired) electrons. The molecule has 1 saturated heterocycles. The fourth-order valence-corrected chi connectivity index (χ4v) is 4.63. The number of para-hydroxylation sites is 1. The second kappa shape index (κ2) is 10.7. The second-order valence-electron chi connectivity index (χ2n) is 8.99. The van der Waals surface area contributed by atoms with E-state index in [2.05, 4.69) is 0 Å². The van der Waals surface area contributed by atoms with Crippen LogP contribution >= 0.6 is 0 Å². The van der Waals surface area contributed by atoms with Crippen LogP contribution in [0.4, 0.5) is 0 Å². The zero-order valence-electron chi connectivity index (χ0n) is 21.0. The van der Waals surface area contributed by atoms with Crippen molar-refractivity contribution in [2.24, 2.45) is 0 Å². The fourth-order valence-electron chi connectivity index (χ4n) is 4.63. The van der Waals surface area contributed by atoms with E-state index in [1.807, 2.05) is 81.4 Å². The molecule has 3 aromatic carbocycles. The van der Waals surface area contributed by atoms with E-state index in [9.17, 15) is 14.7 Å². The molecule has 0 aliphatic carbocycles. The lowest BCUT2D eigenvalue weighted by molar-refractivity contribution is -0.140. The standard InChI is InChI=1S/C30H31NO5/c1-5-36-25-16-15-21(17-23(25)19(2)3)28(32)26-27(20-11-7-6-8-12-20)31(30(34)29(26)33)18-22-13-9-10-14-24(22)35-4/h6-17,19,27,32H,5,18H2,1-4H3/b28-26-. The van der Waals surface area contributed by atoms with Gasteiger partial charge < -0.3 is 19.5 Å². The Labute approximate surface area is 211 Å². The van der Waals surface area contributed by atoms with Gasteiger partial charge in [-0.2, -0.15) is 0 Å². The molecule has 3 aromatic rings. The molecule has 1 amide bonds. The van der Waals surface area contributed by atoms with E-state index in [4.69, 9.17) is 9.47 Å². The van der Waals surface area contributed by atoms with Crippen molar-refractivity contribution in [1.82, 2.24) is 4.90 Å². The van der Waals surface area contributed by atoms with E-state index in [1.54, 1.807) is 19.2 Å². The van der Waals surface area contributed by atoms with Crippen LogP contribution in [0.25, 0.3) is 5.76 Å². The van der Waals surface area contributed by atoms with Crippen LogP contribution in [0.3, 0.4) is 0 Å². The zero-order valence-corrected chi connectivity index (χ0v) is 21.0. The quantitative estimate of drug-likeness (QED) is 0.246. The number of aliphatic hydroxyl groups is 1. The van der Waals surface area contributed by atoms with Crippen molar-refractivity contribution in [3.63, 3.8) is 0 Å². The summed E-state index contributed by atoms with van der Waals surface area (Å²) in [4.78, 5) is 28.2. The number of aliphatic hydroxyl groups excluding tert-OH is 1. The molecule has 0 bridgehead atoms. The molecule has 36 heavy (non-hydrogen) atoms. The number of hydrogen-bond acceptors (Lipinski definition) is 5. The highest BCUT2D eigenvalue weighted by Gasteiger charge is 2.46. The van der Waals surface area contributed by atoms with Crippen molar-refractivity contribution in [2.45, 2.75) is 39.3 Å². The zero-order chi connectivity index (χ0) is 25.8. The Morgan fingerprint density at radius 3 is 2.33 bits per heavy atom. The topological polar surface area (TPSA) is 76.1 Å². The highest BCUT2D eigenvalue weighted by atomic mass is 16.5. The molecule has 1 N–H and O–H groups in total. The Bertz CT molecular complexity index is 1300. The molecule has 1 aliphatic heterocycles. The number of methoxy groups -OCH3 is 1. The summed E-state index contributed by atoms with van der Waals surface area (Å²) in [6, 6.07) is 21.3. The van der Waals surface area contributed by atoms with Crippen LogP contribution in [0.15, 0.2) is 78.4 Å². The lowest BCUT2D eigenvalue weighted by Crippen LogP contribution is -2.29. The van der Waals surface area contributed by atoms with Gasteiger partial charge in [0, 0.05) is 11.1 Å². The molecule has 6 heteroatoms. The van der Waals surface area contributed by atoms with Crippen LogP contribution in [0.5, 0.6) is 11.5 Å². The summed E-state index contributed by atoms with van der Waals surface area (Å²) in [5.74, 6) is -0.0750. The van der Waals surface area contributed by atoms with Gasteiger partial charge in [0.25, 0.3) is 11.7 Å². The van der Waals surface area contributed by atoms with E-state index in [0.29, 0.717) is 17.9 Å². The maximum absolute atomic E-state index is 13.4. The van der Waals surface area contributed by atoms with Crippen molar-refractivity contribution in [2.75, 3.05) is 13.7 Å². The average Bonchev–Trinajstić information content (AvgIpc) is 3.14. The number of carbonyl (C=O) groups is 2. The van der Waals surface area contributed by atoms with E-state index in [0.717, 1.165) is 22.4 Å². The lowest BCUT2D eigenvalue weighted by Gasteiger charge is -2.26. The maximum atomic E-state index is 13.4. The minimum Gasteiger partial charge on any atom is -0.507 e. The average molecular weight is 486 g/mol. The monoisotopic (exact) mass is 485 g/mol. The number of ether oxygens (including phenoxy) is 2. The highest BCUT2D eigenvalue weighted by Crippen LogP contribution is 2.41. The van der Waals surface area contributed by atoms with Crippen LogP contribution in [0.1, 0.15) is 55.0 Å². The molecule has 1 atom stereocenters. The van der Waals surface area contributed by atoms with Gasteiger partial charge in [-0.05, 0) is 48.2 Å². The van der Waals surface area contributed by atoms with Gasteiger partial charge in [-0.15, -0.1) is 0 Å². The molecule has 186 valence electrons. The Hall–Kier alpha value is -4.06. The first-order valence-electron chi connectivity index (χ1n) is 12.1. The first-order chi connectivity index (χ1) is 17.4. The smallest absolute Gasteiger partial charge is 0.295 e. The van der Waals surface area contributed by atoms with Crippen molar-refractivity contribution in [3.8, 4) is 11.5 Å². The maximum Gasteiger partial charge on any atom is 0.295 e. The summed E-state index contributed by atoms with van der Waals surface area (Å²) < 4.78 is 11.2. The van der Waals surface area contributed by atoms with Gasteiger partial charge in [-0.3, -0.25) is 9.59 Å². The van der Waals surface area contributed by atoms with Crippen molar-refractivity contribution in [1.29, 1.82) is 0 Å². The summed E-state index contributed by atoms with van der Waals surface area (Å²) >= 11 is 0. The molecule has 1 unspecified atom stereocenters. The van der Waals surface area contributed by atoms with Crippen LogP contribution in [0.2, 0.25) is 0 Å². The summed E-state index contributed by atoms with van der Waals surface area (Å²) in [5, 5.41) is 11.5. The SMILES string of the molecule is CCOc1ccc(/C(O)=C2/C(=O)C(=O)N(Cc3ccccc3OC)C2c2ccccc2)cc1C(C)C. The number of ketones is 1. The number of Topliss-reactive ketones (excluding diaryl/α,β-unsaturated/α-hetero) is 1. The first kappa shape index (κ1) is 25.0. The molecule has 4 rings (SSSR count). The van der Waals surface area contributed by atoms with Gasteiger partial charge >= 0.3 is 0 Å². The normalized spacial score (nSPS) is 17.0.